The van der Waals surface area contributed by atoms with Crippen LogP contribution >= 0.6 is 0 Å². The van der Waals surface area contributed by atoms with E-state index < -0.39 is 5.60 Å². The fraction of sp³-hybridized carbons (Fsp3) is 0.480. The highest BCUT2D eigenvalue weighted by atomic mass is 16.6. The highest BCUT2D eigenvalue weighted by molar-refractivity contribution is 6.06. The number of ether oxygens (including phenoxy) is 3. The second-order valence-electron chi connectivity index (χ2n) is 9.71. The lowest BCUT2D eigenvalue weighted by atomic mass is 10.0. The summed E-state index contributed by atoms with van der Waals surface area (Å²) in [6, 6.07) is 7.74. The number of carbonyl (C=O) groups is 1. The number of rotatable bonds is 3. The Labute approximate surface area is 193 Å². The molecule has 0 N–H and O–H groups in total. The molecule has 8 nitrogen and oxygen atoms in total. The van der Waals surface area contributed by atoms with E-state index in [-0.39, 0.29) is 18.1 Å². The number of benzene rings is 1. The number of carbonyl (C=O) groups excluding carboxylic acids is 1. The van der Waals surface area contributed by atoms with Gasteiger partial charge in [-0.3, -0.25) is 4.79 Å². The van der Waals surface area contributed by atoms with Gasteiger partial charge in [0.05, 0.1) is 34.5 Å². The maximum absolute atomic E-state index is 13.8. The van der Waals surface area contributed by atoms with Gasteiger partial charge in [-0.25, -0.2) is 9.67 Å². The number of aromatic nitrogens is 3. The SMILES string of the molecule is CC1CN(C(=O)c2cc(-c3ccc4c(c3)OCCO4)nc3c2cnn3C(C)C)CC(C)(C)O1. The number of amides is 1. The molecule has 2 aromatic heterocycles. The normalized spacial score (nSPS) is 19.8. The summed E-state index contributed by atoms with van der Waals surface area (Å²) in [6.45, 7) is 12.3. The number of nitrogens with zero attached hydrogens (tertiary/aromatic N) is 4. The third-order valence-electron chi connectivity index (χ3n) is 5.98. The Balaban J connectivity index is 1.63. The molecule has 1 aromatic carbocycles. The van der Waals surface area contributed by atoms with Gasteiger partial charge in [0, 0.05) is 24.7 Å². The lowest BCUT2D eigenvalue weighted by Gasteiger charge is -2.41. The number of hydrogen-bond acceptors (Lipinski definition) is 6. The monoisotopic (exact) mass is 450 g/mol. The first-order chi connectivity index (χ1) is 15.7. The van der Waals surface area contributed by atoms with Crippen molar-refractivity contribution in [1.82, 2.24) is 19.7 Å². The van der Waals surface area contributed by atoms with Gasteiger partial charge in [0.25, 0.3) is 5.91 Å². The van der Waals surface area contributed by atoms with Crippen LogP contribution < -0.4 is 9.47 Å². The summed E-state index contributed by atoms with van der Waals surface area (Å²) in [5, 5.41) is 5.30. The van der Waals surface area contributed by atoms with Crippen molar-refractivity contribution in [1.29, 1.82) is 0 Å². The third kappa shape index (κ3) is 4.04. The Morgan fingerprint density at radius 1 is 1.15 bits per heavy atom. The maximum atomic E-state index is 13.8. The van der Waals surface area contributed by atoms with Crippen molar-refractivity contribution >= 4 is 16.9 Å². The van der Waals surface area contributed by atoms with Gasteiger partial charge in [0.1, 0.15) is 13.2 Å². The second kappa shape index (κ2) is 8.02. The van der Waals surface area contributed by atoms with Crippen LogP contribution in [0.5, 0.6) is 11.5 Å². The first kappa shape index (κ1) is 21.7. The molecule has 4 heterocycles. The molecular weight excluding hydrogens is 420 g/mol. The molecule has 1 atom stereocenters. The quantitative estimate of drug-likeness (QED) is 0.598. The van der Waals surface area contributed by atoms with Gasteiger partial charge in [-0.15, -0.1) is 0 Å². The highest BCUT2D eigenvalue weighted by Gasteiger charge is 2.35. The average molecular weight is 451 g/mol. The van der Waals surface area contributed by atoms with E-state index in [1.807, 2.05) is 54.6 Å². The Morgan fingerprint density at radius 2 is 1.91 bits per heavy atom. The zero-order valence-corrected chi connectivity index (χ0v) is 19.8. The van der Waals surface area contributed by atoms with Crippen LogP contribution in [0, 0.1) is 0 Å². The molecule has 3 aromatic rings. The largest absolute Gasteiger partial charge is 0.486 e. The summed E-state index contributed by atoms with van der Waals surface area (Å²) in [5.41, 5.74) is 2.46. The van der Waals surface area contributed by atoms with Crippen molar-refractivity contribution in [2.75, 3.05) is 26.3 Å². The molecule has 8 heteroatoms. The van der Waals surface area contributed by atoms with Crippen molar-refractivity contribution < 1.29 is 19.0 Å². The highest BCUT2D eigenvalue weighted by Crippen LogP contribution is 2.36. The molecule has 0 bridgehead atoms. The van der Waals surface area contributed by atoms with Crippen molar-refractivity contribution in [2.24, 2.45) is 0 Å². The van der Waals surface area contributed by atoms with Crippen LogP contribution in [0.4, 0.5) is 0 Å². The molecular formula is C25H30N4O4. The predicted octanol–water partition coefficient (Wildman–Crippen LogP) is 4.09. The molecule has 174 valence electrons. The van der Waals surface area contributed by atoms with E-state index >= 15 is 0 Å². The molecule has 0 spiro atoms. The average Bonchev–Trinajstić information content (AvgIpc) is 3.20. The Morgan fingerprint density at radius 3 is 2.64 bits per heavy atom. The smallest absolute Gasteiger partial charge is 0.254 e. The first-order valence-electron chi connectivity index (χ1n) is 11.5. The Bertz CT molecular complexity index is 1220. The molecule has 0 aliphatic carbocycles. The number of fused-ring (bicyclic) bond motifs is 2. The van der Waals surface area contributed by atoms with E-state index in [0.717, 1.165) is 16.7 Å². The summed E-state index contributed by atoms with van der Waals surface area (Å²) < 4.78 is 19.3. The molecule has 1 saturated heterocycles. The fourth-order valence-electron chi connectivity index (χ4n) is 4.70. The van der Waals surface area contributed by atoms with Gasteiger partial charge in [0.15, 0.2) is 17.1 Å². The van der Waals surface area contributed by atoms with E-state index in [1.165, 1.54) is 0 Å². The number of pyridine rings is 1. The molecule has 33 heavy (non-hydrogen) atoms. The lowest BCUT2D eigenvalue weighted by Crippen LogP contribution is -2.53. The minimum absolute atomic E-state index is 0.0345. The minimum Gasteiger partial charge on any atom is -0.486 e. The van der Waals surface area contributed by atoms with Crippen LogP contribution in [0.2, 0.25) is 0 Å². The lowest BCUT2D eigenvalue weighted by molar-refractivity contribution is -0.118. The van der Waals surface area contributed by atoms with Gasteiger partial charge in [-0.1, -0.05) is 0 Å². The summed E-state index contributed by atoms with van der Waals surface area (Å²) in [7, 11) is 0. The van der Waals surface area contributed by atoms with Gasteiger partial charge in [0.2, 0.25) is 0 Å². The molecule has 2 aliphatic heterocycles. The summed E-state index contributed by atoms with van der Waals surface area (Å²) in [6.07, 6.45) is 1.71. The Hall–Kier alpha value is -3.13. The van der Waals surface area contributed by atoms with Gasteiger partial charge in [-0.2, -0.15) is 5.10 Å². The van der Waals surface area contributed by atoms with Crippen molar-refractivity contribution in [3.8, 4) is 22.8 Å². The summed E-state index contributed by atoms with van der Waals surface area (Å²) in [5.74, 6) is 1.38. The Kier molecular flexibility index (Phi) is 5.28. The standard InChI is InChI=1S/C25H30N4O4/c1-15(2)29-23-19(12-26-29)18(24(30)28-13-16(3)33-25(4,5)14-28)11-20(27-23)17-6-7-21-22(10-17)32-9-8-31-21/h6-7,10-12,15-16H,8-9,13-14H2,1-5H3. The van der Waals surface area contributed by atoms with Crippen LogP contribution in [0.1, 0.15) is 51.0 Å². The van der Waals surface area contributed by atoms with Gasteiger partial charge >= 0.3 is 0 Å². The molecule has 1 unspecified atom stereocenters. The predicted molar refractivity (Wildman–Crippen MR) is 125 cm³/mol. The van der Waals surface area contributed by atoms with E-state index in [9.17, 15) is 4.79 Å². The van der Waals surface area contributed by atoms with Crippen LogP contribution in [0.3, 0.4) is 0 Å². The first-order valence-corrected chi connectivity index (χ1v) is 11.5. The van der Waals surface area contributed by atoms with Gasteiger partial charge < -0.3 is 19.1 Å². The van der Waals surface area contributed by atoms with Gasteiger partial charge in [-0.05, 0) is 58.9 Å². The van der Waals surface area contributed by atoms with E-state index in [0.29, 0.717) is 49.0 Å². The van der Waals surface area contributed by atoms with E-state index in [1.54, 1.807) is 6.20 Å². The summed E-state index contributed by atoms with van der Waals surface area (Å²) in [4.78, 5) is 20.6. The number of morpholine rings is 1. The zero-order valence-electron chi connectivity index (χ0n) is 19.8. The molecule has 5 rings (SSSR count). The van der Waals surface area contributed by atoms with Crippen molar-refractivity contribution in [2.45, 2.75) is 52.4 Å². The zero-order chi connectivity index (χ0) is 23.3. The topological polar surface area (TPSA) is 78.7 Å². The third-order valence-corrected chi connectivity index (χ3v) is 5.98. The molecule has 2 aliphatic rings. The molecule has 1 amide bonds. The molecule has 0 radical (unpaired) electrons. The van der Waals surface area contributed by atoms with Crippen LogP contribution in [-0.2, 0) is 4.74 Å². The van der Waals surface area contributed by atoms with Crippen molar-refractivity contribution in [3.05, 3.63) is 36.0 Å². The summed E-state index contributed by atoms with van der Waals surface area (Å²) >= 11 is 0. The number of hydrogen-bond donors (Lipinski definition) is 0. The molecule has 0 saturated carbocycles. The van der Waals surface area contributed by atoms with Crippen LogP contribution in [-0.4, -0.2) is 63.6 Å². The van der Waals surface area contributed by atoms with Crippen molar-refractivity contribution in [3.63, 3.8) is 0 Å². The van der Waals surface area contributed by atoms with E-state index in [2.05, 4.69) is 18.9 Å². The fourth-order valence-corrected chi connectivity index (χ4v) is 4.70. The maximum Gasteiger partial charge on any atom is 0.254 e. The minimum atomic E-state index is -0.403. The molecule has 1 fully saturated rings. The van der Waals surface area contributed by atoms with Crippen LogP contribution in [0.25, 0.3) is 22.3 Å². The van der Waals surface area contributed by atoms with E-state index in [4.69, 9.17) is 19.2 Å². The van der Waals surface area contributed by atoms with Crippen LogP contribution in [0.15, 0.2) is 30.5 Å². The second-order valence-corrected chi connectivity index (χ2v) is 9.71.